The third kappa shape index (κ3) is 4.56. The van der Waals surface area contributed by atoms with Crippen LogP contribution in [0.1, 0.15) is 29.6 Å². The van der Waals surface area contributed by atoms with E-state index in [4.69, 9.17) is 18.0 Å². The Hall–Kier alpha value is -2.13. The first-order chi connectivity index (χ1) is 9.06. The topological polar surface area (TPSA) is 85.1 Å². The van der Waals surface area contributed by atoms with Crippen molar-refractivity contribution in [2.24, 2.45) is 0 Å². The van der Waals surface area contributed by atoms with E-state index >= 15 is 0 Å². The molecule has 6 nitrogen and oxygen atoms in total. The Bertz CT molecular complexity index is 525. The summed E-state index contributed by atoms with van der Waals surface area (Å²) in [6.45, 7) is 0.400. The number of hydrogen-bond donors (Lipinski definition) is 1. The van der Waals surface area contributed by atoms with Crippen LogP contribution in [0.3, 0.4) is 0 Å². The fourth-order valence-electron chi connectivity index (χ4n) is 1.40. The predicted molar refractivity (Wildman–Crippen MR) is 70.9 cm³/mol. The normalized spacial score (nSPS) is 9.68. The van der Waals surface area contributed by atoms with Crippen LogP contribution in [0, 0.1) is 22.5 Å². The highest BCUT2D eigenvalue weighted by molar-refractivity contribution is 6.29. The van der Waals surface area contributed by atoms with Gasteiger partial charge < -0.3 is 5.32 Å². The fraction of sp³-hybridized carbons (Fsp3) is 0.333. The van der Waals surface area contributed by atoms with E-state index in [9.17, 15) is 14.9 Å². The van der Waals surface area contributed by atoms with Gasteiger partial charge in [-0.3, -0.25) is 14.9 Å². The van der Waals surface area contributed by atoms with E-state index in [0.717, 1.165) is 12.6 Å². The molecule has 7 heteroatoms. The van der Waals surface area contributed by atoms with Crippen LogP contribution in [0.25, 0.3) is 0 Å². The summed E-state index contributed by atoms with van der Waals surface area (Å²) >= 11 is 5.63. The predicted octanol–water partition coefficient (Wildman–Crippen LogP) is 2.18. The quantitative estimate of drug-likeness (QED) is 0.285. The summed E-state index contributed by atoms with van der Waals surface area (Å²) in [5.74, 6) is 1.95. The number of carbonyl (C=O) groups excluding carboxylic acids is 1. The molecule has 0 unspecified atom stereocenters. The lowest BCUT2D eigenvalue weighted by Crippen LogP contribution is -2.25. The number of halogens is 1. The van der Waals surface area contributed by atoms with Gasteiger partial charge in [0, 0.05) is 13.0 Å². The first-order valence-electron chi connectivity index (χ1n) is 5.58. The van der Waals surface area contributed by atoms with Crippen molar-refractivity contribution in [3.05, 3.63) is 33.1 Å². The van der Waals surface area contributed by atoms with Crippen molar-refractivity contribution in [3.63, 3.8) is 0 Å². The van der Waals surface area contributed by atoms with Crippen LogP contribution in [-0.4, -0.2) is 22.4 Å². The molecule has 100 valence electrons. The van der Waals surface area contributed by atoms with Gasteiger partial charge in [0.25, 0.3) is 11.6 Å². The Morgan fingerprint density at radius 2 is 2.32 bits per heavy atom. The maximum absolute atomic E-state index is 11.8. The van der Waals surface area contributed by atoms with Crippen LogP contribution in [0.15, 0.2) is 12.3 Å². The van der Waals surface area contributed by atoms with Crippen LogP contribution < -0.4 is 5.32 Å². The van der Waals surface area contributed by atoms with E-state index in [0.29, 0.717) is 19.4 Å². The van der Waals surface area contributed by atoms with E-state index in [-0.39, 0.29) is 16.4 Å². The zero-order valence-electron chi connectivity index (χ0n) is 10.1. The Kier molecular flexibility index (Phi) is 5.76. The Labute approximate surface area is 115 Å². The van der Waals surface area contributed by atoms with Gasteiger partial charge in [-0.2, -0.15) is 0 Å². The average Bonchev–Trinajstić information content (AvgIpc) is 2.37. The molecule has 0 saturated carbocycles. The Morgan fingerprint density at radius 1 is 1.58 bits per heavy atom. The molecule has 0 fully saturated rings. The third-order valence-corrected chi connectivity index (χ3v) is 2.53. The van der Waals surface area contributed by atoms with Crippen molar-refractivity contribution in [2.75, 3.05) is 6.54 Å². The minimum atomic E-state index is -0.670. The smallest absolute Gasteiger partial charge is 0.300 e. The zero-order chi connectivity index (χ0) is 14.3. The summed E-state index contributed by atoms with van der Waals surface area (Å²) in [6, 6.07) is 1.18. The molecule has 0 aliphatic heterocycles. The SMILES string of the molecule is C#CCCCCNC(=O)c1cc(Cl)ncc1[N+](=O)[O-]. The Morgan fingerprint density at radius 3 is 2.95 bits per heavy atom. The minimum absolute atomic E-state index is 0.0306. The number of amides is 1. The number of nitrogens with one attached hydrogen (secondary N) is 1. The van der Waals surface area contributed by atoms with Crippen molar-refractivity contribution < 1.29 is 9.72 Å². The largest absolute Gasteiger partial charge is 0.352 e. The molecule has 0 atom stereocenters. The number of nitro groups is 1. The van der Waals surface area contributed by atoms with E-state index in [1.807, 2.05) is 0 Å². The van der Waals surface area contributed by atoms with Gasteiger partial charge >= 0.3 is 0 Å². The van der Waals surface area contributed by atoms with E-state index < -0.39 is 10.8 Å². The zero-order valence-corrected chi connectivity index (χ0v) is 10.8. The monoisotopic (exact) mass is 281 g/mol. The third-order valence-electron chi connectivity index (χ3n) is 2.32. The second-order valence-electron chi connectivity index (χ2n) is 3.70. The highest BCUT2D eigenvalue weighted by Crippen LogP contribution is 2.20. The summed E-state index contributed by atoms with van der Waals surface area (Å²) < 4.78 is 0. The van der Waals surface area contributed by atoms with Crippen LogP contribution in [0.5, 0.6) is 0 Å². The average molecular weight is 282 g/mol. The Balaban J connectivity index is 2.68. The first-order valence-corrected chi connectivity index (χ1v) is 5.95. The molecule has 1 aromatic heterocycles. The number of rotatable bonds is 6. The molecule has 1 amide bonds. The van der Waals surface area contributed by atoms with Crippen molar-refractivity contribution in [1.29, 1.82) is 0 Å². The number of carbonyl (C=O) groups is 1. The van der Waals surface area contributed by atoms with Crippen molar-refractivity contribution in [2.45, 2.75) is 19.3 Å². The molecule has 1 aromatic rings. The summed E-state index contributed by atoms with van der Waals surface area (Å²) in [6.07, 6.45) is 8.20. The molecule has 0 radical (unpaired) electrons. The molecule has 0 saturated heterocycles. The summed E-state index contributed by atoms with van der Waals surface area (Å²) in [7, 11) is 0. The minimum Gasteiger partial charge on any atom is -0.352 e. The number of unbranched alkanes of at least 4 members (excludes halogenated alkanes) is 2. The van der Waals surface area contributed by atoms with Gasteiger partial charge in [-0.25, -0.2) is 4.98 Å². The molecule has 0 aliphatic carbocycles. The van der Waals surface area contributed by atoms with Gasteiger partial charge in [0.15, 0.2) is 0 Å². The molecule has 0 aromatic carbocycles. The van der Waals surface area contributed by atoms with Gasteiger partial charge in [-0.15, -0.1) is 12.3 Å². The number of aromatic nitrogens is 1. The fourth-order valence-corrected chi connectivity index (χ4v) is 1.56. The first kappa shape index (κ1) is 14.9. The lowest BCUT2D eigenvalue weighted by molar-refractivity contribution is -0.385. The van der Waals surface area contributed by atoms with Crippen LogP contribution in [0.4, 0.5) is 5.69 Å². The van der Waals surface area contributed by atoms with Gasteiger partial charge in [0.05, 0.1) is 4.92 Å². The highest BCUT2D eigenvalue weighted by atomic mass is 35.5. The maximum atomic E-state index is 11.8. The van der Waals surface area contributed by atoms with Crippen molar-refractivity contribution in [3.8, 4) is 12.3 Å². The molecule has 0 bridgehead atoms. The van der Waals surface area contributed by atoms with Crippen LogP contribution >= 0.6 is 11.6 Å². The van der Waals surface area contributed by atoms with Gasteiger partial charge in [0.2, 0.25) is 0 Å². The van der Waals surface area contributed by atoms with Crippen molar-refractivity contribution in [1.82, 2.24) is 10.3 Å². The number of nitrogens with zero attached hydrogens (tertiary/aromatic N) is 2. The highest BCUT2D eigenvalue weighted by Gasteiger charge is 2.20. The molecule has 19 heavy (non-hydrogen) atoms. The van der Waals surface area contributed by atoms with Crippen LogP contribution in [-0.2, 0) is 0 Å². The molecule has 1 rings (SSSR count). The van der Waals surface area contributed by atoms with Crippen LogP contribution in [0.2, 0.25) is 5.15 Å². The molecular weight excluding hydrogens is 270 g/mol. The van der Waals surface area contributed by atoms with Gasteiger partial charge in [-0.1, -0.05) is 11.6 Å². The van der Waals surface area contributed by atoms with Gasteiger partial charge in [-0.05, 0) is 18.9 Å². The molecule has 1 N–H and O–H groups in total. The second kappa shape index (κ2) is 7.34. The number of pyridine rings is 1. The summed E-state index contributed by atoms with van der Waals surface area (Å²) in [5, 5.41) is 13.4. The second-order valence-corrected chi connectivity index (χ2v) is 4.09. The standard InChI is InChI=1S/C12H12ClN3O3/c1-2-3-4-5-6-14-12(17)9-7-11(13)15-8-10(9)16(18)19/h1,7-8H,3-6H2,(H,14,17). The molecule has 0 spiro atoms. The van der Waals surface area contributed by atoms with Crippen molar-refractivity contribution >= 4 is 23.2 Å². The van der Waals surface area contributed by atoms with E-state index in [2.05, 4.69) is 16.2 Å². The molecular formula is C12H12ClN3O3. The summed E-state index contributed by atoms with van der Waals surface area (Å²) in [4.78, 5) is 25.5. The summed E-state index contributed by atoms with van der Waals surface area (Å²) in [5.41, 5.74) is -0.465. The molecule has 1 heterocycles. The lowest BCUT2D eigenvalue weighted by atomic mass is 10.2. The van der Waals surface area contributed by atoms with E-state index in [1.165, 1.54) is 6.07 Å². The molecule has 0 aliphatic rings. The maximum Gasteiger partial charge on any atom is 0.300 e. The number of terminal acetylenes is 1. The van der Waals surface area contributed by atoms with Gasteiger partial charge in [0.1, 0.15) is 16.9 Å². The van der Waals surface area contributed by atoms with E-state index in [1.54, 1.807) is 0 Å². The number of hydrogen-bond acceptors (Lipinski definition) is 4. The lowest BCUT2D eigenvalue weighted by Gasteiger charge is -2.05.